The normalized spacial score (nSPS) is 14.2. The first-order chi connectivity index (χ1) is 26.6. The predicted molar refractivity (Wildman–Crippen MR) is 200 cm³/mol. The van der Waals surface area contributed by atoms with Crippen molar-refractivity contribution in [3.63, 3.8) is 0 Å². The highest BCUT2D eigenvalue weighted by molar-refractivity contribution is 6.25. The van der Waals surface area contributed by atoms with Gasteiger partial charge in [0.2, 0.25) is 0 Å². The van der Waals surface area contributed by atoms with Gasteiger partial charge in [0.05, 0.1) is 11.0 Å². The predicted octanol–water partition coefficient (Wildman–Crippen LogP) is 13.2. The van der Waals surface area contributed by atoms with Crippen LogP contribution in [0.25, 0.3) is 98.4 Å². The molecule has 10 aromatic rings. The fraction of sp³-hybridized carbons (Fsp3) is 0. The Bertz CT molecular complexity index is 3230. The molecule has 0 aliphatic heterocycles. The number of furan rings is 1. The SMILES string of the molecule is [2H]c1c([2H])c([2H])c2c(-c3cccc4oc5ccccc5c34)c3c([2H])c([2H])c([2H])c([2H])c3c(-c3cccc(-c4ccc5c(ccc6ccccc65)c4)c3)c2c1[2H]. The highest BCUT2D eigenvalue weighted by Crippen LogP contribution is 2.47. The monoisotopic (exact) mass is 604 g/mol. The Morgan fingerprint density at radius 2 is 0.979 bits per heavy atom. The molecule has 9 aromatic carbocycles. The maximum atomic E-state index is 9.41. The molecule has 0 radical (unpaired) electrons. The molecule has 0 saturated carbocycles. The average molecular weight is 605 g/mol. The van der Waals surface area contributed by atoms with Crippen LogP contribution in [0.2, 0.25) is 0 Å². The fourth-order valence-electron chi connectivity index (χ4n) is 7.21. The summed E-state index contributed by atoms with van der Waals surface area (Å²) in [4.78, 5) is 0. The van der Waals surface area contributed by atoms with Crippen molar-refractivity contribution in [3.05, 3.63) is 170 Å². The van der Waals surface area contributed by atoms with Gasteiger partial charge in [-0.05, 0) is 101 Å². The molecular weight excluding hydrogens is 569 g/mol. The molecule has 1 nitrogen and oxygen atoms in total. The molecule has 0 fully saturated rings. The first kappa shape index (κ1) is 19.4. The summed E-state index contributed by atoms with van der Waals surface area (Å²) in [6.45, 7) is 0. The van der Waals surface area contributed by atoms with E-state index in [0.29, 0.717) is 38.8 Å². The summed E-state index contributed by atoms with van der Waals surface area (Å²) in [6, 6.07) is 36.3. The van der Waals surface area contributed by atoms with E-state index in [4.69, 9.17) is 9.90 Å². The average Bonchev–Trinajstić information content (AvgIpc) is 3.61. The van der Waals surface area contributed by atoms with Crippen LogP contribution in [0.5, 0.6) is 0 Å². The number of hydrogen-bond donors (Lipinski definition) is 0. The molecule has 1 heteroatoms. The van der Waals surface area contributed by atoms with Gasteiger partial charge in [-0.25, -0.2) is 0 Å². The lowest BCUT2D eigenvalue weighted by Gasteiger charge is -2.18. The number of benzene rings is 9. The van der Waals surface area contributed by atoms with Crippen LogP contribution in [0.1, 0.15) is 11.0 Å². The van der Waals surface area contributed by atoms with E-state index in [0.717, 1.165) is 38.1 Å². The Kier molecular flexibility index (Phi) is 4.19. The van der Waals surface area contributed by atoms with Crippen molar-refractivity contribution in [2.75, 3.05) is 0 Å². The van der Waals surface area contributed by atoms with Crippen LogP contribution in [-0.2, 0) is 0 Å². The number of para-hydroxylation sites is 1. The Morgan fingerprint density at radius 1 is 0.383 bits per heavy atom. The Hall–Kier alpha value is -6.18. The lowest BCUT2D eigenvalue weighted by atomic mass is 9.84. The van der Waals surface area contributed by atoms with Gasteiger partial charge < -0.3 is 4.42 Å². The molecule has 1 aromatic heterocycles. The van der Waals surface area contributed by atoms with E-state index in [-0.39, 0.29) is 45.7 Å². The maximum absolute atomic E-state index is 9.41. The van der Waals surface area contributed by atoms with E-state index in [9.17, 15) is 5.48 Å². The standard InChI is InChI=1S/C46H28O/c1-2-14-34-29(11-1)23-24-32-27-31(25-26-35(32)34)30-12-9-13-33(28-30)44-36-15-3-5-17-38(36)45(39-18-6-4-16-37(39)44)41-20-10-22-43-46(41)40-19-7-8-21-42(40)47-43/h1-28H/i3D,4D,5D,6D,15D,16D,17D,18D. The van der Waals surface area contributed by atoms with E-state index in [2.05, 4.69) is 42.5 Å². The molecule has 0 atom stereocenters. The summed E-state index contributed by atoms with van der Waals surface area (Å²) in [5, 5.41) is 6.62. The van der Waals surface area contributed by atoms with Gasteiger partial charge in [0.15, 0.2) is 0 Å². The maximum Gasteiger partial charge on any atom is 0.136 e. The molecule has 47 heavy (non-hydrogen) atoms. The molecule has 218 valence electrons. The number of hydrogen-bond acceptors (Lipinski definition) is 1. The summed E-state index contributed by atoms with van der Waals surface area (Å²) in [7, 11) is 0. The topological polar surface area (TPSA) is 13.1 Å². The van der Waals surface area contributed by atoms with Crippen molar-refractivity contribution >= 4 is 65.0 Å². The van der Waals surface area contributed by atoms with Gasteiger partial charge in [-0.3, -0.25) is 0 Å². The third kappa shape index (κ3) is 3.97. The van der Waals surface area contributed by atoms with E-state index in [1.807, 2.05) is 72.8 Å². The van der Waals surface area contributed by atoms with Gasteiger partial charge in [-0.1, -0.05) is 145 Å². The molecular formula is C46H28O. The van der Waals surface area contributed by atoms with Gasteiger partial charge in [0.1, 0.15) is 11.2 Å². The highest BCUT2D eigenvalue weighted by atomic mass is 16.3. The summed E-state index contributed by atoms with van der Waals surface area (Å²) in [6.07, 6.45) is 0. The smallest absolute Gasteiger partial charge is 0.136 e. The van der Waals surface area contributed by atoms with Crippen LogP contribution in [0.3, 0.4) is 0 Å². The van der Waals surface area contributed by atoms with Crippen LogP contribution in [-0.4, -0.2) is 0 Å². The quantitative estimate of drug-likeness (QED) is 0.144. The minimum Gasteiger partial charge on any atom is -0.456 e. The van der Waals surface area contributed by atoms with Crippen LogP contribution in [0.4, 0.5) is 0 Å². The first-order valence-electron chi connectivity index (χ1n) is 19.5. The van der Waals surface area contributed by atoms with Crippen LogP contribution >= 0.6 is 0 Å². The lowest BCUT2D eigenvalue weighted by molar-refractivity contribution is 0.669. The zero-order valence-corrected chi connectivity index (χ0v) is 25.0. The third-order valence-electron chi connectivity index (χ3n) is 9.28. The number of rotatable bonds is 3. The zero-order chi connectivity index (χ0) is 37.9. The van der Waals surface area contributed by atoms with Gasteiger partial charge in [-0.2, -0.15) is 0 Å². The van der Waals surface area contributed by atoms with Crippen molar-refractivity contribution in [3.8, 4) is 33.4 Å². The van der Waals surface area contributed by atoms with Gasteiger partial charge in [-0.15, -0.1) is 0 Å². The van der Waals surface area contributed by atoms with Crippen LogP contribution < -0.4 is 0 Å². The van der Waals surface area contributed by atoms with E-state index < -0.39 is 24.2 Å². The Labute approximate surface area is 283 Å². The molecule has 0 aliphatic carbocycles. The number of fused-ring (bicyclic) bond motifs is 8. The van der Waals surface area contributed by atoms with Crippen molar-refractivity contribution < 1.29 is 15.4 Å². The zero-order valence-electron chi connectivity index (χ0n) is 33.0. The minimum absolute atomic E-state index is 0.166. The second kappa shape index (κ2) is 10.2. The molecule has 0 bridgehead atoms. The first-order valence-corrected chi connectivity index (χ1v) is 15.5. The Morgan fingerprint density at radius 3 is 1.79 bits per heavy atom. The van der Waals surface area contributed by atoms with Crippen molar-refractivity contribution in [1.82, 2.24) is 0 Å². The largest absolute Gasteiger partial charge is 0.456 e. The molecule has 0 amide bonds. The van der Waals surface area contributed by atoms with E-state index >= 15 is 0 Å². The summed E-state index contributed by atoms with van der Waals surface area (Å²) in [5.41, 5.74) is 4.63. The molecule has 0 aliphatic rings. The van der Waals surface area contributed by atoms with Crippen molar-refractivity contribution in [2.24, 2.45) is 0 Å². The van der Waals surface area contributed by atoms with Crippen molar-refractivity contribution in [1.29, 1.82) is 0 Å². The fourth-order valence-corrected chi connectivity index (χ4v) is 7.21. The summed E-state index contributed by atoms with van der Waals surface area (Å²) in [5.74, 6) is 0. The second-order valence-electron chi connectivity index (χ2n) is 11.8. The Balaban J connectivity index is 1.36. The minimum atomic E-state index is -0.438. The molecule has 0 unspecified atom stereocenters. The van der Waals surface area contributed by atoms with E-state index in [1.165, 1.54) is 0 Å². The van der Waals surface area contributed by atoms with Crippen LogP contribution in [0.15, 0.2) is 174 Å². The molecule has 0 saturated heterocycles. The molecule has 10 rings (SSSR count). The van der Waals surface area contributed by atoms with Crippen molar-refractivity contribution in [2.45, 2.75) is 0 Å². The highest BCUT2D eigenvalue weighted by Gasteiger charge is 2.20. The lowest BCUT2D eigenvalue weighted by Crippen LogP contribution is -1.91. The summed E-state index contributed by atoms with van der Waals surface area (Å²) >= 11 is 0. The third-order valence-corrected chi connectivity index (χ3v) is 9.28. The molecule has 0 N–H and O–H groups in total. The van der Waals surface area contributed by atoms with Gasteiger partial charge in [0, 0.05) is 10.8 Å². The summed E-state index contributed by atoms with van der Waals surface area (Å²) < 4.78 is 79.2. The second-order valence-corrected chi connectivity index (χ2v) is 11.8. The van der Waals surface area contributed by atoms with Gasteiger partial charge in [0.25, 0.3) is 0 Å². The molecule has 0 spiro atoms. The molecule has 1 heterocycles. The van der Waals surface area contributed by atoms with Gasteiger partial charge >= 0.3 is 0 Å². The van der Waals surface area contributed by atoms with E-state index in [1.54, 1.807) is 6.07 Å². The van der Waals surface area contributed by atoms with Crippen LogP contribution in [0, 0.1) is 0 Å².